The van der Waals surface area contributed by atoms with Crippen molar-refractivity contribution >= 4 is 104 Å². The SMILES string of the molecule is CC(C)C[C@H](NC(=O)[C@@H](NC(=O)CN1C(=O)C=CC1=O)C(C)C)C(=O)N[C@@H](CCCCN)C(=O)Nc1ccc(C(=O)Nc2ccc3[nH]c(C(=O)N4C[C@@H](CCl)c5c4cc(OC(=O)N4CCN(C)CC4)c4ccccc54)cc3c2)cc1. The quantitative estimate of drug-likeness (QED) is 0.0275. The van der Waals surface area contributed by atoms with Crippen LogP contribution in [0.4, 0.5) is 21.9 Å². The van der Waals surface area contributed by atoms with Crippen molar-refractivity contribution < 1.29 is 47.9 Å². The largest absolute Gasteiger partial charge is 0.415 e. The fraction of sp³-hybridized carbons (Fsp3) is 0.397. The molecule has 4 heterocycles. The Morgan fingerprint density at radius 1 is 0.762 bits per heavy atom. The van der Waals surface area contributed by atoms with E-state index in [9.17, 15) is 43.2 Å². The smallest absolute Gasteiger partial charge is 0.409 e. The minimum absolute atomic E-state index is 0.0752. The average molecular weight is 1110 g/mol. The number of unbranched alkanes of at least 4 members (excludes halogenated alkanes) is 1. The van der Waals surface area contributed by atoms with Gasteiger partial charge in [0, 0.05) is 96.0 Å². The number of hydrogen-bond donors (Lipinski definition) is 7. The summed E-state index contributed by atoms with van der Waals surface area (Å²) in [4.78, 5) is 129. The van der Waals surface area contributed by atoms with Crippen molar-refractivity contribution in [3.05, 3.63) is 108 Å². The van der Waals surface area contributed by atoms with E-state index >= 15 is 0 Å². The first kappa shape index (κ1) is 58.0. The lowest BCUT2D eigenvalue weighted by Crippen LogP contribution is -2.58. The van der Waals surface area contributed by atoms with Crippen LogP contribution in [-0.2, 0) is 28.8 Å². The number of ether oxygens (including phenoxy) is 1. The van der Waals surface area contributed by atoms with Crippen LogP contribution in [-0.4, -0.2) is 150 Å². The van der Waals surface area contributed by atoms with E-state index in [1.165, 1.54) is 0 Å². The van der Waals surface area contributed by atoms with Crippen molar-refractivity contribution in [2.75, 3.05) is 74.3 Å². The third kappa shape index (κ3) is 13.6. The van der Waals surface area contributed by atoms with Crippen LogP contribution in [0, 0.1) is 11.8 Å². The number of rotatable bonds is 21. The van der Waals surface area contributed by atoms with Crippen molar-refractivity contribution in [3.8, 4) is 5.75 Å². The molecule has 0 aliphatic carbocycles. The van der Waals surface area contributed by atoms with Gasteiger partial charge < -0.3 is 56.7 Å². The zero-order valence-electron chi connectivity index (χ0n) is 45.4. The summed E-state index contributed by atoms with van der Waals surface area (Å²) in [5.41, 5.74) is 9.32. The third-order valence-corrected chi connectivity index (χ3v) is 14.8. The van der Waals surface area contributed by atoms with E-state index in [4.69, 9.17) is 22.1 Å². The Hall–Kier alpha value is -8.14. The number of likely N-dealkylation sites (N-methyl/N-ethyl adjacent to an activating group) is 1. The highest BCUT2D eigenvalue weighted by Crippen LogP contribution is 2.46. The summed E-state index contributed by atoms with van der Waals surface area (Å²) in [6, 6.07) is 19.3. The lowest BCUT2D eigenvalue weighted by atomic mass is 9.95. The molecule has 0 bridgehead atoms. The predicted molar refractivity (Wildman–Crippen MR) is 304 cm³/mol. The number of carbonyl (C=O) groups excluding carboxylic acids is 9. The number of alkyl halides is 1. The maximum Gasteiger partial charge on any atom is 0.415 e. The number of amides is 9. The minimum Gasteiger partial charge on any atom is -0.409 e. The zero-order chi connectivity index (χ0) is 57.4. The molecule has 5 aromatic rings. The first-order valence-electron chi connectivity index (χ1n) is 26.9. The monoisotopic (exact) mass is 1110 g/mol. The molecule has 0 spiro atoms. The highest BCUT2D eigenvalue weighted by atomic mass is 35.5. The molecule has 80 heavy (non-hydrogen) atoms. The number of piperazine rings is 1. The van der Waals surface area contributed by atoms with Gasteiger partial charge in [-0.05, 0) is 111 Å². The van der Waals surface area contributed by atoms with Gasteiger partial charge in [-0.25, -0.2) is 4.79 Å². The first-order chi connectivity index (χ1) is 38.3. The third-order valence-electron chi connectivity index (χ3n) is 14.4. The maximum atomic E-state index is 14.5. The van der Waals surface area contributed by atoms with Crippen LogP contribution in [0.25, 0.3) is 21.7 Å². The molecule has 1 saturated heterocycles. The lowest BCUT2D eigenvalue weighted by molar-refractivity contribution is -0.141. The van der Waals surface area contributed by atoms with Crippen LogP contribution in [0.1, 0.15) is 85.7 Å². The Morgan fingerprint density at radius 3 is 2.10 bits per heavy atom. The van der Waals surface area contributed by atoms with Gasteiger partial charge in [-0.1, -0.05) is 52.0 Å². The second-order valence-corrected chi connectivity index (χ2v) is 21.5. The van der Waals surface area contributed by atoms with Crippen LogP contribution in [0.3, 0.4) is 0 Å². The summed E-state index contributed by atoms with van der Waals surface area (Å²) < 4.78 is 6.06. The number of anilines is 3. The molecule has 0 radical (unpaired) electrons. The minimum atomic E-state index is -1.12. The summed E-state index contributed by atoms with van der Waals surface area (Å²) in [5, 5.41) is 16.1. The van der Waals surface area contributed by atoms with E-state index in [1.807, 2.05) is 45.2 Å². The van der Waals surface area contributed by atoms with Gasteiger partial charge in [0.25, 0.3) is 23.6 Å². The molecule has 0 saturated carbocycles. The number of aromatic amines is 1. The molecule has 8 rings (SSSR count). The van der Waals surface area contributed by atoms with E-state index in [0.717, 1.165) is 46.5 Å². The topological polar surface area (TPSA) is 278 Å². The van der Waals surface area contributed by atoms with Crippen molar-refractivity contribution in [1.82, 2.24) is 35.6 Å². The van der Waals surface area contributed by atoms with Gasteiger partial charge in [-0.3, -0.25) is 43.3 Å². The van der Waals surface area contributed by atoms with E-state index in [2.05, 4.69) is 36.5 Å². The molecule has 422 valence electrons. The number of halogens is 1. The van der Waals surface area contributed by atoms with Crippen molar-refractivity contribution in [2.45, 2.75) is 77.4 Å². The van der Waals surface area contributed by atoms with Gasteiger partial charge in [0.2, 0.25) is 23.6 Å². The Morgan fingerprint density at radius 2 is 1.44 bits per heavy atom. The number of fused-ring (bicyclic) bond motifs is 4. The number of carbonyl (C=O) groups is 9. The van der Waals surface area contributed by atoms with Crippen LogP contribution in [0.5, 0.6) is 5.75 Å². The predicted octanol–water partition coefficient (Wildman–Crippen LogP) is 5.45. The molecular formula is C58H68ClN11O10. The normalized spacial score (nSPS) is 16.5. The summed E-state index contributed by atoms with van der Waals surface area (Å²) in [6.45, 7) is 9.76. The summed E-state index contributed by atoms with van der Waals surface area (Å²) in [6.07, 6.45) is 3.15. The van der Waals surface area contributed by atoms with Gasteiger partial charge in [0.1, 0.15) is 36.1 Å². The molecule has 8 N–H and O–H groups in total. The number of imide groups is 1. The average Bonchev–Trinajstić information content (AvgIpc) is 4.13. The van der Waals surface area contributed by atoms with E-state index in [1.54, 1.807) is 78.2 Å². The van der Waals surface area contributed by atoms with Gasteiger partial charge >= 0.3 is 6.09 Å². The van der Waals surface area contributed by atoms with Crippen LogP contribution in [0.15, 0.2) is 91.0 Å². The van der Waals surface area contributed by atoms with Crippen molar-refractivity contribution in [1.29, 1.82) is 0 Å². The number of hydrogen-bond acceptors (Lipinski definition) is 12. The fourth-order valence-corrected chi connectivity index (χ4v) is 10.3. The molecule has 3 aliphatic heterocycles. The fourth-order valence-electron chi connectivity index (χ4n) is 10.1. The Kier molecular flexibility index (Phi) is 18.7. The summed E-state index contributed by atoms with van der Waals surface area (Å²) in [7, 11) is 2.01. The first-order valence-corrected chi connectivity index (χ1v) is 27.4. The highest BCUT2D eigenvalue weighted by Gasteiger charge is 2.37. The standard InChI is InChI=1S/C58H68ClN11O10/c1-33(2)26-44(65-56(77)52(34(3)4)66-48(71)32-70-49(72)19-20-50(70)73)55(76)64-43(12-8-9-21-60)54(75)61-38-15-13-35(14-16-38)53(74)62-39-17-18-42-36(27-39)28-45(63-42)57(78)69-31-37(30-59)51-41-11-7-6-10-40(41)47(29-46(51)69)80-58(79)68-24-22-67(5)23-25-68/h6-7,10-11,13-20,27-29,33-34,37,43-44,52,63H,8-9,12,21-26,30-32,60H2,1-5H3,(H,61,75)(H,62,74)(H,64,76)(H,65,77)(H,66,71)/t37-,43+,44+,52+/m1/s1. The van der Waals surface area contributed by atoms with Crippen LogP contribution >= 0.6 is 11.6 Å². The molecule has 4 atom stereocenters. The van der Waals surface area contributed by atoms with Crippen molar-refractivity contribution in [2.24, 2.45) is 17.6 Å². The van der Waals surface area contributed by atoms with Gasteiger partial charge in [-0.2, -0.15) is 0 Å². The Bertz CT molecular complexity index is 3210. The van der Waals surface area contributed by atoms with Gasteiger partial charge in [0.05, 0.1) is 5.69 Å². The molecule has 9 amide bonds. The molecule has 22 heteroatoms. The molecule has 4 aromatic carbocycles. The van der Waals surface area contributed by atoms with Crippen molar-refractivity contribution in [3.63, 3.8) is 0 Å². The maximum absolute atomic E-state index is 14.5. The highest BCUT2D eigenvalue weighted by molar-refractivity contribution is 6.19. The van der Waals surface area contributed by atoms with E-state index < -0.39 is 78.0 Å². The van der Waals surface area contributed by atoms with Gasteiger partial charge in [-0.15, -0.1) is 11.6 Å². The number of benzene rings is 4. The zero-order valence-corrected chi connectivity index (χ0v) is 46.2. The second kappa shape index (κ2) is 25.8. The Balaban J connectivity index is 0.904. The Labute approximate surface area is 468 Å². The van der Waals surface area contributed by atoms with Gasteiger partial charge in [0.15, 0.2) is 0 Å². The summed E-state index contributed by atoms with van der Waals surface area (Å²) >= 11 is 6.56. The van der Waals surface area contributed by atoms with E-state index in [0.29, 0.717) is 78.4 Å². The number of nitrogens with zero attached hydrogens (tertiary/aromatic N) is 4. The summed E-state index contributed by atoms with van der Waals surface area (Å²) in [5.74, 6) is -4.70. The number of nitrogens with two attached hydrogens (primary N) is 1. The van der Waals surface area contributed by atoms with Crippen LogP contribution in [0.2, 0.25) is 0 Å². The molecular weight excluding hydrogens is 1050 g/mol. The number of H-pyrrole nitrogens is 1. The van der Waals surface area contributed by atoms with Crippen LogP contribution < -0.4 is 42.0 Å². The lowest BCUT2D eigenvalue weighted by Gasteiger charge is -2.31. The van der Waals surface area contributed by atoms with E-state index in [-0.39, 0.29) is 42.0 Å². The number of nitrogens with one attached hydrogen (secondary N) is 6. The molecule has 1 fully saturated rings. The molecule has 0 unspecified atom stereocenters. The molecule has 3 aliphatic rings. The molecule has 1 aromatic heterocycles. The number of aromatic nitrogens is 1. The second-order valence-electron chi connectivity index (χ2n) is 21.2. The molecule has 21 nitrogen and oxygen atoms in total.